The van der Waals surface area contributed by atoms with Crippen molar-refractivity contribution in [3.8, 4) is 11.1 Å². The number of nitrogens with zero attached hydrogens (tertiary/aromatic N) is 2. The van der Waals surface area contributed by atoms with Crippen LogP contribution in [0.15, 0.2) is 72.9 Å². The molecule has 6 nitrogen and oxygen atoms in total. The number of carbonyl (C=O) groups excluding carboxylic acids is 3. The van der Waals surface area contributed by atoms with Crippen molar-refractivity contribution >= 4 is 34.6 Å². The van der Waals surface area contributed by atoms with Crippen LogP contribution in [0.4, 0.5) is 10.6 Å². The SMILES string of the molecule is O=C(Nc1ccc(-c2ccccc2)cn1)c1cccc(CN2C(=O)CSC2=O)c1. The van der Waals surface area contributed by atoms with Gasteiger partial charge in [0.05, 0.1) is 12.3 Å². The van der Waals surface area contributed by atoms with Gasteiger partial charge in [0.15, 0.2) is 0 Å². The molecule has 0 bridgehead atoms. The zero-order valence-electron chi connectivity index (χ0n) is 15.4. The van der Waals surface area contributed by atoms with Crippen molar-refractivity contribution in [2.75, 3.05) is 11.1 Å². The van der Waals surface area contributed by atoms with Crippen LogP contribution in [0.2, 0.25) is 0 Å². The highest BCUT2D eigenvalue weighted by atomic mass is 32.2. The number of carbonyl (C=O) groups is 3. The Morgan fingerprint density at radius 1 is 1.00 bits per heavy atom. The Hall–Kier alpha value is -3.45. The molecule has 1 fully saturated rings. The van der Waals surface area contributed by atoms with Crippen LogP contribution in [0.5, 0.6) is 0 Å². The Balaban J connectivity index is 1.45. The number of hydrogen-bond donors (Lipinski definition) is 1. The summed E-state index contributed by atoms with van der Waals surface area (Å²) in [6, 6.07) is 20.4. The van der Waals surface area contributed by atoms with Gasteiger partial charge < -0.3 is 5.32 Å². The zero-order chi connectivity index (χ0) is 20.2. The van der Waals surface area contributed by atoms with Gasteiger partial charge in [-0.3, -0.25) is 19.3 Å². The summed E-state index contributed by atoms with van der Waals surface area (Å²) in [5.41, 5.74) is 3.16. The maximum absolute atomic E-state index is 12.6. The molecule has 0 atom stereocenters. The molecule has 1 aliphatic rings. The lowest BCUT2D eigenvalue weighted by molar-refractivity contribution is -0.125. The van der Waals surface area contributed by atoms with Crippen LogP contribution in [-0.2, 0) is 11.3 Å². The molecule has 0 aliphatic carbocycles. The van der Waals surface area contributed by atoms with E-state index in [1.165, 1.54) is 4.90 Å². The fraction of sp³-hybridized carbons (Fsp3) is 0.0909. The number of pyridine rings is 1. The third kappa shape index (κ3) is 4.35. The molecule has 1 N–H and O–H groups in total. The van der Waals surface area contributed by atoms with Gasteiger partial charge in [-0.2, -0.15) is 0 Å². The van der Waals surface area contributed by atoms with Gasteiger partial charge in [-0.1, -0.05) is 54.2 Å². The monoisotopic (exact) mass is 403 g/mol. The van der Waals surface area contributed by atoms with Crippen LogP contribution < -0.4 is 5.32 Å². The van der Waals surface area contributed by atoms with Gasteiger partial charge >= 0.3 is 0 Å². The molecule has 3 aromatic rings. The fourth-order valence-corrected chi connectivity index (χ4v) is 3.71. The zero-order valence-corrected chi connectivity index (χ0v) is 16.2. The molecule has 29 heavy (non-hydrogen) atoms. The van der Waals surface area contributed by atoms with Crippen molar-refractivity contribution in [3.05, 3.63) is 84.1 Å². The number of rotatable bonds is 5. The largest absolute Gasteiger partial charge is 0.307 e. The minimum absolute atomic E-state index is 0.163. The maximum atomic E-state index is 12.6. The van der Waals surface area contributed by atoms with Crippen LogP contribution in [0.3, 0.4) is 0 Å². The smallest absolute Gasteiger partial charge is 0.289 e. The number of benzene rings is 2. The molecule has 1 aliphatic heterocycles. The average molecular weight is 403 g/mol. The third-order valence-electron chi connectivity index (χ3n) is 4.48. The van der Waals surface area contributed by atoms with E-state index >= 15 is 0 Å². The molecule has 0 radical (unpaired) electrons. The van der Waals surface area contributed by atoms with Gasteiger partial charge in [-0.15, -0.1) is 0 Å². The van der Waals surface area contributed by atoms with E-state index in [1.54, 1.807) is 36.5 Å². The summed E-state index contributed by atoms with van der Waals surface area (Å²) >= 11 is 0.994. The second-order valence-corrected chi connectivity index (χ2v) is 7.41. The number of nitrogens with one attached hydrogen (secondary N) is 1. The van der Waals surface area contributed by atoms with E-state index < -0.39 is 0 Å². The lowest BCUT2D eigenvalue weighted by Gasteiger charge is -2.13. The predicted octanol–water partition coefficient (Wildman–Crippen LogP) is 4.20. The van der Waals surface area contributed by atoms with E-state index in [0.29, 0.717) is 16.9 Å². The first-order valence-electron chi connectivity index (χ1n) is 8.99. The van der Waals surface area contributed by atoms with Gasteiger partial charge in [0, 0.05) is 17.3 Å². The number of amides is 3. The molecule has 0 unspecified atom stereocenters. The van der Waals surface area contributed by atoms with Crippen molar-refractivity contribution < 1.29 is 14.4 Å². The fourth-order valence-electron chi connectivity index (χ4n) is 2.99. The van der Waals surface area contributed by atoms with E-state index in [0.717, 1.165) is 22.9 Å². The number of imide groups is 1. The van der Waals surface area contributed by atoms with Crippen LogP contribution >= 0.6 is 11.8 Å². The molecular formula is C22H17N3O3S. The highest BCUT2D eigenvalue weighted by Gasteiger charge is 2.29. The highest BCUT2D eigenvalue weighted by molar-refractivity contribution is 8.14. The lowest BCUT2D eigenvalue weighted by Crippen LogP contribution is -2.28. The highest BCUT2D eigenvalue weighted by Crippen LogP contribution is 2.22. The van der Waals surface area contributed by atoms with Crippen LogP contribution in [0.1, 0.15) is 15.9 Å². The average Bonchev–Trinajstić information content (AvgIpc) is 3.07. The predicted molar refractivity (Wildman–Crippen MR) is 112 cm³/mol. The standard InChI is InChI=1S/C22H17N3O3S/c26-20-14-29-22(28)25(20)13-15-5-4-8-17(11-15)21(27)24-19-10-9-18(12-23-19)16-6-2-1-3-7-16/h1-12H,13-14H2,(H,23,24,27). The van der Waals surface area contributed by atoms with E-state index in [1.807, 2.05) is 36.4 Å². The number of anilines is 1. The normalized spacial score (nSPS) is 13.6. The van der Waals surface area contributed by atoms with Gasteiger partial charge in [-0.05, 0) is 35.4 Å². The molecule has 2 aromatic carbocycles. The van der Waals surface area contributed by atoms with Crippen molar-refractivity contribution in [1.82, 2.24) is 9.88 Å². The maximum Gasteiger partial charge on any atom is 0.289 e. The minimum Gasteiger partial charge on any atom is -0.307 e. The van der Waals surface area contributed by atoms with Crippen molar-refractivity contribution in [2.24, 2.45) is 0 Å². The number of thioether (sulfide) groups is 1. The minimum atomic E-state index is -0.305. The van der Waals surface area contributed by atoms with E-state index in [2.05, 4.69) is 10.3 Å². The number of aromatic nitrogens is 1. The molecule has 3 amide bonds. The van der Waals surface area contributed by atoms with Crippen LogP contribution in [0.25, 0.3) is 11.1 Å². The second-order valence-electron chi connectivity index (χ2n) is 6.49. The summed E-state index contributed by atoms with van der Waals surface area (Å²) in [5, 5.41) is 2.52. The topological polar surface area (TPSA) is 79.4 Å². The Bertz CT molecular complexity index is 1050. The van der Waals surface area contributed by atoms with Gasteiger partial charge in [-0.25, -0.2) is 4.98 Å². The first kappa shape index (κ1) is 18.9. The van der Waals surface area contributed by atoms with Crippen molar-refractivity contribution in [1.29, 1.82) is 0 Å². The van der Waals surface area contributed by atoms with E-state index in [4.69, 9.17) is 0 Å². The quantitative estimate of drug-likeness (QED) is 0.691. The Kier molecular flexibility index (Phi) is 5.39. The Morgan fingerprint density at radius 3 is 2.52 bits per heavy atom. The molecule has 0 spiro atoms. The van der Waals surface area contributed by atoms with Gasteiger partial charge in [0.25, 0.3) is 11.1 Å². The van der Waals surface area contributed by atoms with E-state index in [9.17, 15) is 14.4 Å². The molecule has 4 rings (SSSR count). The summed E-state index contributed by atoms with van der Waals surface area (Å²) in [6.45, 7) is 0.163. The molecule has 2 heterocycles. The molecule has 1 aromatic heterocycles. The van der Waals surface area contributed by atoms with Crippen molar-refractivity contribution in [3.63, 3.8) is 0 Å². The summed E-state index contributed by atoms with van der Waals surface area (Å²) in [5.74, 6) is 0.100. The molecule has 7 heteroatoms. The Morgan fingerprint density at radius 2 is 1.83 bits per heavy atom. The first-order valence-corrected chi connectivity index (χ1v) is 9.97. The first-order chi connectivity index (χ1) is 14.1. The molecule has 144 valence electrons. The van der Waals surface area contributed by atoms with Gasteiger partial charge in [0.1, 0.15) is 5.82 Å². The molecule has 1 saturated heterocycles. The molecule has 0 saturated carbocycles. The lowest BCUT2D eigenvalue weighted by atomic mass is 10.1. The number of hydrogen-bond acceptors (Lipinski definition) is 5. The summed E-state index contributed by atoms with van der Waals surface area (Å²) in [7, 11) is 0. The summed E-state index contributed by atoms with van der Waals surface area (Å²) < 4.78 is 0. The summed E-state index contributed by atoms with van der Waals surface area (Å²) in [6.07, 6.45) is 1.71. The van der Waals surface area contributed by atoms with Gasteiger partial charge in [0.2, 0.25) is 5.91 Å². The van der Waals surface area contributed by atoms with Crippen LogP contribution in [-0.4, -0.2) is 32.7 Å². The van der Waals surface area contributed by atoms with E-state index in [-0.39, 0.29) is 29.4 Å². The van der Waals surface area contributed by atoms with Crippen LogP contribution in [0, 0.1) is 0 Å². The van der Waals surface area contributed by atoms with Crippen molar-refractivity contribution in [2.45, 2.75) is 6.54 Å². The Labute approximate surface area is 172 Å². The second kappa shape index (κ2) is 8.28. The molecular weight excluding hydrogens is 386 g/mol. The third-order valence-corrected chi connectivity index (χ3v) is 5.34. The summed E-state index contributed by atoms with van der Waals surface area (Å²) in [4.78, 5) is 41.6.